The van der Waals surface area contributed by atoms with Crippen LogP contribution < -0.4 is 19.1 Å². The van der Waals surface area contributed by atoms with Gasteiger partial charge in [0.15, 0.2) is 16.6 Å². The first-order valence-electron chi connectivity index (χ1n) is 12.9. The first-order chi connectivity index (χ1) is 19.2. The average molecular weight is 557 g/mol. The fourth-order valence-corrected chi connectivity index (χ4v) is 6.72. The number of aliphatic hydroxyl groups excluding tert-OH is 1. The number of methoxy groups -OCH3 is 2. The molecular formula is C31H28N2O6S. The van der Waals surface area contributed by atoms with Crippen LogP contribution in [0.4, 0.5) is 5.13 Å². The Hall–Kier alpha value is -4.37. The topological polar surface area (TPSA) is 98.2 Å². The van der Waals surface area contributed by atoms with Crippen LogP contribution in [0.3, 0.4) is 0 Å². The molecular weight excluding hydrogens is 528 g/mol. The molecule has 1 fully saturated rings. The summed E-state index contributed by atoms with van der Waals surface area (Å²) in [5.74, 6) is -0.105. The molecule has 204 valence electrons. The van der Waals surface area contributed by atoms with Crippen LogP contribution in [0.15, 0.2) is 54.1 Å². The maximum atomic E-state index is 13.7. The second-order valence-corrected chi connectivity index (χ2v) is 11.2. The highest BCUT2D eigenvalue weighted by Crippen LogP contribution is 2.46. The lowest BCUT2D eigenvalue weighted by Crippen LogP contribution is -2.29. The Morgan fingerprint density at radius 1 is 1.05 bits per heavy atom. The normalized spacial score (nSPS) is 19.7. The minimum Gasteiger partial charge on any atom is -0.507 e. The highest BCUT2D eigenvalue weighted by molar-refractivity contribution is 7.22. The number of anilines is 1. The molecule has 1 saturated heterocycles. The zero-order valence-corrected chi connectivity index (χ0v) is 23.6. The number of rotatable bonds is 5. The zero-order chi connectivity index (χ0) is 28.3. The number of amides is 1. The molecule has 1 N–H and O–H groups in total. The number of aliphatic hydroxyl groups is 1. The lowest BCUT2D eigenvalue weighted by Gasteiger charge is -2.23. The Morgan fingerprint density at radius 2 is 1.82 bits per heavy atom. The van der Waals surface area contributed by atoms with Gasteiger partial charge >= 0.3 is 5.91 Å². The van der Waals surface area contributed by atoms with Gasteiger partial charge < -0.3 is 19.3 Å². The van der Waals surface area contributed by atoms with Crippen LogP contribution in [0.25, 0.3) is 16.0 Å². The minimum atomic E-state index is -0.940. The lowest BCUT2D eigenvalue weighted by molar-refractivity contribution is -0.132. The Kier molecular flexibility index (Phi) is 6.26. The van der Waals surface area contributed by atoms with Crippen LogP contribution in [-0.2, 0) is 16.0 Å². The number of ether oxygens (including phenoxy) is 3. The fraction of sp³-hybridized carbons (Fsp3) is 0.258. The zero-order valence-electron chi connectivity index (χ0n) is 22.8. The number of carbonyl (C=O) groups excluding carboxylic acids is 2. The van der Waals surface area contributed by atoms with Crippen LogP contribution in [0, 0.1) is 13.8 Å². The summed E-state index contributed by atoms with van der Waals surface area (Å²) in [5.41, 5.74) is 4.76. The standard InChI is InChI=1S/C31H28N2O6S/c1-15-10-16(2)26-24(11-15)40-31(32-26)33-27(18-6-9-22(37-4)23(14-18)38-5)25(29(35)30(33)36)28(34)19-7-8-21-20(13-19)12-17(3)39-21/h6-11,13-14,17,27,34H,12H2,1-5H3/b28-25-. The molecule has 0 bridgehead atoms. The van der Waals surface area contributed by atoms with E-state index in [1.54, 1.807) is 30.3 Å². The first kappa shape index (κ1) is 25.9. The number of ketones is 1. The molecule has 3 heterocycles. The molecule has 2 atom stereocenters. The number of thiazole rings is 1. The fourth-order valence-electron chi connectivity index (χ4n) is 5.55. The van der Waals surface area contributed by atoms with Gasteiger partial charge in [0, 0.05) is 12.0 Å². The van der Waals surface area contributed by atoms with Crippen molar-refractivity contribution in [3.05, 3.63) is 81.9 Å². The summed E-state index contributed by atoms with van der Waals surface area (Å²) in [4.78, 5) is 33.5. The molecule has 2 aliphatic rings. The van der Waals surface area contributed by atoms with Crippen molar-refractivity contribution in [3.8, 4) is 17.2 Å². The van der Waals surface area contributed by atoms with E-state index in [2.05, 4.69) is 0 Å². The number of hydrogen-bond acceptors (Lipinski definition) is 8. The van der Waals surface area contributed by atoms with Crippen molar-refractivity contribution < 1.29 is 28.9 Å². The number of nitrogens with zero attached hydrogens (tertiary/aromatic N) is 2. The van der Waals surface area contributed by atoms with Gasteiger partial charge in [-0.05, 0) is 79.4 Å². The molecule has 3 aromatic carbocycles. The molecule has 9 heteroatoms. The van der Waals surface area contributed by atoms with Crippen molar-refractivity contribution in [3.63, 3.8) is 0 Å². The predicted molar refractivity (Wildman–Crippen MR) is 154 cm³/mol. The van der Waals surface area contributed by atoms with Crippen molar-refractivity contribution in [1.82, 2.24) is 4.98 Å². The summed E-state index contributed by atoms with van der Waals surface area (Å²) in [7, 11) is 3.05. The Balaban J connectivity index is 1.57. The van der Waals surface area contributed by atoms with E-state index >= 15 is 0 Å². The third-order valence-corrected chi connectivity index (χ3v) is 8.36. The van der Waals surface area contributed by atoms with E-state index in [0.29, 0.717) is 34.2 Å². The smallest absolute Gasteiger partial charge is 0.301 e. The maximum Gasteiger partial charge on any atom is 0.301 e. The van der Waals surface area contributed by atoms with E-state index in [4.69, 9.17) is 19.2 Å². The van der Waals surface area contributed by atoms with Crippen LogP contribution in [0.1, 0.15) is 40.8 Å². The van der Waals surface area contributed by atoms with Gasteiger partial charge in [0.05, 0.1) is 36.1 Å². The second-order valence-electron chi connectivity index (χ2n) is 10.2. The monoisotopic (exact) mass is 556 g/mol. The number of Topliss-reactive ketones (excluding diaryl/α,β-unsaturated/α-hetero) is 1. The summed E-state index contributed by atoms with van der Waals surface area (Å²) >= 11 is 1.34. The van der Waals surface area contributed by atoms with Crippen LogP contribution in [0.5, 0.6) is 17.2 Å². The third kappa shape index (κ3) is 4.08. The number of aromatic nitrogens is 1. The molecule has 6 rings (SSSR count). The largest absolute Gasteiger partial charge is 0.507 e. The van der Waals surface area contributed by atoms with E-state index in [9.17, 15) is 14.7 Å². The molecule has 0 aliphatic carbocycles. The molecule has 4 aromatic rings. The summed E-state index contributed by atoms with van der Waals surface area (Å²) in [6.45, 7) is 5.95. The maximum absolute atomic E-state index is 13.7. The van der Waals surface area contributed by atoms with Gasteiger partial charge in [-0.15, -0.1) is 0 Å². The number of hydrogen-bond donors (Lipinski definition) is 1. The molecule has 2 aliphatic heterocycles. The molecule has 0 spiro atoms. The van der Waals surface area contributed by atoms with E-state index in [1.807, 2.05) is 39.0 Å². The number of carbonyl (C=O) groups is 2. The average Bonchev–Trinajstić information content (AvgIpc) is 3.60. The minimum absolute atomic E-state index is 0.0173. The van der Waals surface area contributed by atoms with Gasteiger partial charge in [-0.25, -0.2) is 4.98 Å². The van der Waals surface area contributed by atoms with E-state index in [0.717, 1.165) is 32.7 Å². The van der Waals surface area contributed by atoms with E-state index in [1.165, 1.54) is 30.5 Å². The van der Waals surface area contributed by atoms with Gasteiger partial charge in [0.1, 0.15) is 17.6 Å². The van der Waals surface area contributed by atoms with Gasteiger partial charge in [-0.3, -0.25) is 14.5 Å². The Morgan fingerprint density at radius 3 is 2.58 bits per heavy atom. The highest BCUT2D eigenvalue weighted by Gasteiger charge is 2.48. The molecule has 0 radical (unpaired) electrons. The summed E-state index contributed by atoms with van der Waals surface area (Å²) in [6.07, 6.45) is 0.713. The van der Waals surface area contributed by atoms with E-state index in [-0.39, 0.29) is 17.4 Å². The number of benzene rings is 3. The van der Waals surface area contributed by atoms with Gasteiger partial charge in [-0.1, -0.05) is 23.5 Å². The number of aryl methyl sites for hydroxylation is 2. The molecule has 0 saturated carbocycles. The molecule has 1 aromatic heterocycles. The van der Waals surface area contributed by atoms with Crippen LogP contribution in [0.2, 0.25) is 0 Å². The predicted octanol–water partition coefficient (Wildman–Crippen LogP) is 5.88. The summed E-state index contributed by atoms with van der Waals surface area (Å²) in [6, 6.07) is 13.6. The van der Waals surface area contributed by atoms with Crippen LogP contribution >= 0.6 is 11.3 Å². The second kappa shape index (κ2) is 9.67. The van der Waals surface area contributed by atoms with E-state index < -0.39 is 17.7 Å². The number of fused-ring (bicyclic) bond motifs is 2. The van der Waals surface area contributed by atoms with Gasteiger partial charge in [0.25, 0.3) is 5.78 Å². The molecule has 1 amide bonds. The van der Waals surface area contributed by atoms with Crippen molar-refractivity contribution in [1.29, 1.82) is 0 Å². The molecule has 40 heavy (non-hydrogen) atoms. The summed E-state index contributed by atoms with van der Waals surface area (Å²) < 4.78 is 17.7. The van der Waals surface area contributed by atoms with Crippen molar-refractivity contribution in [2.24, 2.45) is 0 Å². The van der Waals surface area contributed by atoms with Crippen molar-refractivity contribution >= 4 is 44.1 Å². The summed E-state index contributed by atoms with van der Waals surface area (Å²) in [5, 5.41) is 12.0. The third-order valence-electron chi connectivity index (χ3n) is 7.36. The van der Waals surface area contributed by atoms with Gasteiger partial charge in [-0.2, -0.15) is 0 Å². The highest BCUT2D eigenvalue weighted by atomic mass is 32.1. The van der Waals surface area contributed by atoms with Crippen LogP contribution in [-0.4, -0.2) is 42.1 Å². The molecule has 8 nitrogen and oxygen atoms in total. The van der Waals surface area contributed by atoms with Crippen molar-refractivity contribution in [2.75, 3.05) is 19.1 Å². The Labute approximate surface area is 235 Å². The lowest BCUT2D eigenvalue weighted by atomic mass is 9.94. The SMILES string of the molecule is COc1ccc(C2/C(=C(/O)c3ccc4c(c3)CC(C)O4)C(=O)C(=O)N2c2nc3c(C)cc(C)cc3s2)cc1OC. The van der Waals surface area contributed by atoms with Crippen molar-refractivity contribution in [2.45, 2.75) is 39.3 Å². The quantitative estimate of drug-likeness (QED) is 0.186. The first-order valence-corrected chi connectivity index (χ1v) is 13.7. The van der Waals surface area contributed by atoms with Gasteiger partial charge in [0.2, 0.25) is 0 Å². The Bertz CT molecular complexity index is 1740. The molecule has 2 unspecified atom stereocenters.